The summed E-state index contributed by atoms with van der Waals surface area (Å²) in [6.07, 6.45) is 3.74. The maximum atomic E-state index is 11.6. The molecule has 1 aromatic rings. The number of anilines is 1. The number of nitrogens with one attached hydrogen (secondary N) is 2. The summed E-state index contributed by atoms with van der Waals surface area (Å²) in [4.78, 5) is 11.6. The molecule has 0 radical (unpaired) electrons. The van der Waals surface area contributed by atoms with Crippen molar-refractivity contribution in [3.8, 4) is 0 Å². The van der Waals surface area contributed by atoms with Crippen molar-refractivity contribution in [3.63, 3.8) is 0 Å². The second kappa shape index (κ2) is 4.97. The third kappa shape index (κ3) is 3.22. The zero-order valence-corrected chi connectivity index (χ0v) is 10.9. The Hall–Kier alpha value is -1.57. The summed E-state index contributed by atoms with van der Waals surface area (Å²) in [6.45, 7) is 2.67. The quantitative estimate of drug-likeness (QED) is 0.822. The van der Waals surface area contributed by atoms with Gasteiger partial charge in [-0.2, -0.15) is 5.10 Å². The number of aromatic nitrogens is 2. The van der Waals surface area contributed by atoms with Gasteiger partial charge in [-0.05, 0) is 13.3 Å². The molecule has 2 N–H and O–H groups in total. The van der Waals surface area contributed by atoms with Crippen LogP contribution in [0.5, 0.6) is 0 Å². The topological polar surface area (TPSA) is 93.1 Å². The van der Waals surface area contributed by atoms with Gasteiger partial charge >= 0.3 is 6.03 Å². The third-order valence-corrected chi connectivity index (χ3v) is 4.55. The fourth-order valence-electron chi connectivity index (χ4n) is 1.86. The molecule has 2 rings (SSSR count). The molecule has 8 heteroatoms. The summed E-state index contributed by atoms with van der Waals surface area (Å²) >= 11 is 0. The molecular weight excluding hydrogens is 256 g/mol. The molecule has 100 valence electrons. The molecule has 0 bridgehead atoms. The molecular formula is C10H16N4O3S. The van der Waals surface area contributed by atoms with Crippen LogP contribution in [0.3, 0.4) is 0 Å². The molecule has 1 saturated heterocycles. The van der Waals surface area contributed by atoms with Crippen LogP contribution >= 0.6 is 0 Å². The van der Waals surface area contributed by atoms with Crippen LogP contribution in [-0.4, -0.2) is 41.8 Å². The normalized spacial score (nSPS) is 21.7. The Kier molecular flexibility index (Phi) is 3.55. The van der Waals surface area contributed by atoms with Gasteiger partial charge in [-0.15, -0.1) is 0 Å². The highest BCUT2D eigenvalue weighted by Crippen LogP contribution is 2.11. The Labute approximate surface area is 105 Å². The number of hydrogen-bond acceptors (Lipinski definition) is 4. The number of aryl methyl sites for hydroxylation is 1. The first-order valence-electron chi connectivity index (χ1n) is 5.79. The van der Waals surface area contributed by atoms with Gasteiger partial charge in [0, 0.05) is 18.8 Å². The third-order valence-electron chi connectivity index (χ3n) is 2.78. The van der Waals surface area contributed by atoms with Gasteiger partial charge < -0.3 is 10.6 Å². The van der Waals surface area contributed by atoms with Crippen molar-refractivity contribution in [2.45, 2.75) is 25.9 Å². The van der Waals surface area contributed by atoms with E-state index in [4.69, 9.17) is 0 Å². The number of urea groups is 1. The van der Waals surface area contributed by atoms with Crippen molar-refractivity contribution in [3.05, 3.63) is 12.4 Å². The molecule has 1 aromatic heterocycles. The molecule has 1 atom stereocenters. The van der Waals surface area contributed by atoms with Gasteiger partial charge in [-0.3, -0.25) is 4.68 Å². The van der Waals surface area contributed by atoms with E-state index < -0.39 is 15.9 Å². The largest absolute Gasteiger partial charge is 0.334 e. The molecule has 2 heterocycles. The van der Waals surface area contributed by atoms with E-state index >= 15 is 0 Å². The summed E-state index contributed by atoms with van der Waals surface area (Å²) in [6, 6.07) is -0.691. The summed E-state index contributed by atoms with van der Waals surface area (Å²) in [5.74, 6) is 0.167. The summed E-state index contributed by atoms with van der Waals surface area (Å²) in [7, 11) is -2.97. The summed E-state index contributed by atoms with van der Waals surface area (Å²) in [5.41, 5.74) is 0.593. The Bertz CT molecular complexity index is 537. The highest BCUT2D eigenvalue weighted by atomic mass is 32.2. The molecule has 1 aliphatic heterocycles. The van der Waals surface area contributed by atoms with Gasteiger partial charge in [0.15, 0.2) is 9.84 Å². The fourth-order valence-corrected chi connectivity index (χ4v) is 3.54. The van der Waals surface area contributed by atoms with Crippen molar-refractivity contribution in [2.75, 3.05) is 16.8 Å². The van der Waals surface area contributed by atoms with Crippen LogP contribution in [0.25, 0.3) is 0 Å². The smallest absolute Gasteiger partial charge is 0.319 e. The number of amides is 2. The lowest BCUT2D eigenvalue weighted by Crippen LogP contribution is -2.38. The highest BCUT2D eigenvalue weighted by molar-refractivity contribution is 7.91. The first-order valence-corrected chi connectivity index (χ1v) is 7.61. The van der Waals surface area contributed by atoms with Gasteiger partial charge in [-0.1, -0.05) is 0 Å². The fraction of sp³-hybridized carbons (Fsp3) is 0.600. The van der Waals surface area contributed by atoms with Gasteiger partial charge in [0.2, 0.25) is 0 Å². The lowest BCUT2D eigenvalue weighted by atomic mass is 10.3. The van der Waals surface area contributed by atoms with Crippen LogP contribution in [0.2, 0.25) is 0 Å². The van der Waals surface area contributed by atoms with E-state index in [2.05, 4.69) is 15.7 Å². The first kappa shape index (κ1) is 12.9. The maximum absolute atomic E-state index is 11.6. The molecule has 1 fully saturated rings. The van der Waals surface area contributed by atoms with Crippen molar-refractivity contribution in [1.29, 1.82) is 0 Å². The Balaban J connectivity index is 1.86. The van der Waals surface area contributed by atoms with E-state index in [-0.39, 0.29) is 17.5 Å². The van der Waals surface area contributed by atoms with Gasteiger partial charge in [-0.25, -0.2) is 13.2 Å². The molecule has 2 amide bonds. The Morgan fingerprint density at radius 3 is 2.94 bits per heavy atom. The van der Waals surface area contributed by atoms with Crippen molar-refractivity contribution in [1.82, 2.24) is 15.1 Å². The van der Waals surface area contributed by atoms with Crippen LogP contribution in [0.4, 0.5) is 10.5 Å². The molecule has 0 aromatic carbocycles. The molecule has 0 saturated carbocycles. The maximum Gasteiger partial charge on any atom is 0.319 e. The van der Waals surface area contributed by atoms with Gasteiger partial charge in [0.1, 0.15) is 0 Å². The van der Waals surface area contributed by atoms with E-state index in [1.807, 2.05) is 6.92 Å². The van der Waals surface area contributed by atoms with Crippen molar-refractivity contribution in [2.24, 2.45) is 0 Å². The van der Waals surface area contributed by atoms with Crippen LogP contribution in [0.1, 0.15) is 13.3 Å². The minimum atomic E-state index is -2.97. The van der Waals surface area contributed by atoms with E-state index in [0.29, 0.717) is 12.1 Å². The lowest BCUT2D eigenvalue weighted by Gasteiger charge is -2.10. The van der Waals surface area contributed by atoms with E-state index in [1.165, 1.54) is 0 Å². The minimum Gasteiger partial charge on any atom is -0.334 e. The van der Waals surface area contributed by atoms with E-state index in [9.17, 15) is 13.2 Å². The first-order chi connectivity index (χ1) is 8.48. The van der Waals surface area contributed by atoms with Gasteiger partial charge in [0.25, 0.3) is 0 Å². The molecule has 0 aliphatic carbocycles. The average molecular weight is 272 g/mol. The number of rotatable bonds is 3. The van der Waals surface area contributed by atoms with Crippen LogP contribution in [0, 0.1) is 0 Å². The van der Waals surface area contributed by atoms with Crippen LogP contribution in [0.15, 0.2) is 12.4 Å². The zero-order valence-electron chi connectivity index (χ0n) is 10.1. The molecule has 0 spiro atoms. The lowest BCUT2D eigenvalue weighted by molar-refractivity contribution is 0.249. The van der Waals surface area contributed by atoms with E-state index in [0.717, 1.165) is 6.54 Å². The molecule has 18 heavy (non-hydrogen) atoms. The number of hydrogen-bond donors (Lipinski definition) is 2. The molecule has 1 unspecified atom stereocenters. The second-order valence-corrected chi connectivity index (χ2v) is 6.51. The minimum absolute atomic E-state index is 0.0225. The highest BCUT2D eigenvalue weighted by Gasteiger charge is 2.28. The Morgan fingerprint density at radius 1 is 1.61 bits per heavy atom. The predicted octanol–water partition coefficient (Wildman–Crippen LogP) is 0.212. The number of carbonyl (C=O) groups is 1. The molecule has 7 nitrogen and oxygen atoms in total. The summed E-state index contributed by atoms with van der Waals surface area (Å²) < 4.78 is 24.2. The standard InChI is InChI=1S/C10H16N4O3S/c1-2-14-6-9(5-11-14)13-10(15)12-8-3-4-18(16,17)7-8/h5-6,8H,2-4,7H2,1H3,(H2,12,13,15). The Morgan fingerprint density at radius 2 is 2.39 bits per heavy atom. The van der Waals surface area contributed by atoms with Crippen LogP contribution in [-0.2, 0) is 16.4 Å². The monoisotopic (exact) mass is 272 g/mol. The van der Waals surface area contributed by atoms with Gasteiger partial charge in [0.05, 0.1) is 23.4 Å². The average Bonchev–Trinajstić information content (AvgIpc) is 2.85. The zero-order chi connectivity index (χ0) is 13.2. The van der Waals surface area contributed by atoms with E-state index in [1.54, 1.807) is 17.1 Å². The number of sulfone groups is 1. The predicted molar refractivity (Wildman–Crippen MR) is 67.1 cm³/mol. The van der Waals surface area contributed by atoms with Crippen LogP contribution < -0.4 is 10.6 Å². The van der Waals surface area contributed by atoms with Crippen molar-refractivity contribution >= 4 is 21.6 Å². The number of nitrogens with zero attached hydrogens (tertiary/aromatic N) is 2. The summed E-state index contributed by atoms with van der Waals surface area (Å²) in [5, 5.41) is 9.29. The SMILES string of the molecule is CCn1cc(NC(=O)NC2CCS(=O)(=O)C2)cn1. The van der Waals surface area contributed by atoms with Crippen molar-refractivity contribution < 1.29 is 13.2 Å². The second-order valence-electron chi connectivity index (χ2n) is 4.28. The number of carbonyl (C=O) groups excluding carboxylic acids is 1. The molecule has 1 aliphatic rings.